The van der Waals surface area contributed by atoms with E-state index in [2.05, 4.69) is 21.9 Å². The van der Waals surface area contributed by atoms with Gasteiger partial charge in [0.05, 0.1) is 0 Å². The molecule has 0 aliphatic carbocycles. The number of aryl methyl sites for hydroxylation is 1. The summed E-state index contributed by atoms with van der Waals surface area (Å²) >= 11 is 0. The summed E-state index contributed by atoms with van der Waals surface area (Å²) in [7, 11) is 3.96. The number of carbonyl (C=O) groups is 2. The number of rotatable bonds is 2. The molecule has 3 aliphatic rings. The second kappa shape index (κ2) is 6.68. The Kier molecular flexibility index (Phi) is 4.50. The summed E-state index contributed by atoms with van der Waals surface area (Å²) in [5, 5.41) is 4.24. The van der Waals surface area contributed by atoms with Crippen LogP contribution in [-0.4, -0.2) is 82.1 Å². The van der Waals surface area contributed by atoms with Gasteiger partial charge in [-0.1, -0.05) is 0 Å². The van der Waals surface area contributed by atoms with Crippen LogP contribution < -0.4 is 0 Å². The van der Waals surface area contributed by atoms with Crippen molar-refractivity contribution in [3.63, 3.8) is 0 Å². The molecule has 3 fully saturated rings. The van der Waals surface area contributed by atoms with Crippen molar-refractivity contribution >= 4 is 11.8 Å². The van der Waals surface area contributed by atoms with Crippen molar-refractivity contribution in [3.05, 3.63) is 18.0 Å². The van der Waals surface area contributed by atoms with E-state index in [1.807, 2.05) is 18.1 Å². The van der Waals surface area contributed by atoms with Crippen molar-refractivity contribution in [1.82, 2.24) is 24.5 Å². The van der Waals surface area contributed by atoms with Crippen molar-refractivity contribution in [2.45, 2.75) is 38.1 Å². The Morgan fingerprint density at radius 3 is 2.58 bits per heavy atom. The lowest BCUT2D eigenvalue weighted by Crippen LogP contribution is -2.55. The van der Waals surface area contributed by atoms with Crippen molar-refractivity contribution in [1.29, 1.82) is 0 Å². The van der Waals surface area contributed by atoms with Gasteiger partial charge in [0.1, 0.15) is 5.69 Å². The van der Waals surface area contributed by atoms with E-state index in [1.54, 1.807) is 10.7 Å². The number of likely N-dealkylation sites (N-methyl/N-ethyl adjacent to an activating group) is 1. The van der Waals surface area contributed by atoms with E-state index in [1.165, 1.54) is 0 Å². The van der Waals surface area contributed by atoms with Crippen LogP contribution in [0.1, 0.15) is 42.6 Å². The third-order valence-corrected chi connectivity index (χ3v) is 6.55. The molecule has 7 heteroatoms. The van der Waals surface area contributed by atoms with Crippen LogP contribution in [0, 0.1) is 5.41 Å². The van der Waals surface area contributed by atoms with E-state index in [0.29, 0.717) is 24.1 Å². The lowest BCUT2D eigenvalue weighted by Gasteiger charge is -2.48. The first-order valence-corrected chi connectivity index (χ1v) is 9.73. The lowest BCUT2D eigenvalue weighted by molar-refractivity contribution is -0.141. The van der Waals surface area contributed by atoms with E-state index < -0.39 is 0 Å². The van der Waals surface area contributed by atoms with Crippen molar-refractivity contribution in [2.24, 2.45) is 12.5 Å². The fourth-order valence-corrected chi connectivity index (χ4v) is 4.83. The quantitative estimate of drug-likeness (QED) is 0.789. The van der Waals surface area contributed by atoms with Gasteiger partial charge in [-0.25, -0.2) is 0 Å². The predicted molar refractivity (Wildman–Crippen MR) is 97.6 cm³/mol. The van der Waals surface area contributed by atoms with Gasteiger partial charge in [-0.2, -0.15) is 5.10 Å². The summed E-state index contributed by atoms with van der Waals surface area (Å²) in [6.45, 7) is 4.47. The fraction of sp³-hybridized carbons (Fsp3) is 0.737. The standard InChI is InChI=1S/C19H29N5O2/c1-21-9-4-15(13-21)24-14-19(6-3-17(24)25)7-11-23(12-8-19)18(26)16-5-10-22(2)20-16/h5,10,15H,3-4,6-9,11-14H2,1-2H3. The number of nitrogens with zero attached hydrogens (tertiary/aromatic N) is 5. The van der Waals surface area contributed by atoms with Crippen molar-refractivity contribution in [3.8, 4) is 0 Å². The molecule has 7 nitrogen and oxygen atoms in total. The summed E-state index contributed by atoms with van der Waals surface area (Å²) in [5.74, 6) is 0.351. The number of hydrogen-bond donors (Lipinski definition) is 0. The molecule has 0 N–H and O–H groups in total. The molecular formula is C19H29N5O2. The number of aromatic nitrogens is 2. The number of carbonyl (C=O) groups excluding carboxylic acids is 2. The van der Waals surface area contributed by atoms with Crippen LogP contribution in [0.2, 0.25) is 0 Å². The average molecular weight is 359 g/mol. The molecule has 1 aromatic heterocycles. The Balaban J connectivity index is 1.39. The van der Waals surface area contributed by atoms with Crippen LogP contribution in [0.4, 0.5) is 0 Å². The molecule has 0 aromatic carbocycles. The van der Waals surface area contributed by atoms with Gasteiger partial charge < -0.3 is 14.7 Å². The number of likely N-dealkylation sites (tertiary alicyclic amines) is 3. The van der Waals surface area contributed by atoms with E-state index in [4.69, 9.17) is 0 Å². The molecule has 1 spiro atoms. The van der Waals surface area contributed by atoms with Crippen molar-refractivity contribution in [2.75, 3.05) is 39.8 Å². The fourth-order valence-electron chi connectivity index (χ4n) is 4.83. The highest BCUT2D eigenvalue weighted by Crippen LogP contribution is 2.41. The third kappa shape index (κ3) is 3.24. The van der Waals surface area contributed by atoms with Crippen molar-refractivity contribution < 1.29 is 9.59 Å². The van der Waals surface area contributed by atoms with Gasteiger partial charge in [-0.3, -0.25) is 14.3 Å². The summed E-state index contributed by atoms with van der Waals surface area (Å²) in [5.41, 5.74) is 0.716. The van der Waals surface area contributed by atoms with E-state index >= 15 is 0 Å². The van der Waals surface area contributed by atoms with Crippen LogP contribution >= 0.6 is 0 Å². The summed E-state index contributed by atoms with van der Waals surface area (Å²) in [4.78, 5) is 31.5. The normalized spacial score (nSPS) is 26.7. The molecule has 142 valence electrons. The summed E-state index contributed by atoms with van der Waals surface area (Å²) in [6, 6.07) is 2.16. The van der Waals surface area contributed by atoms with Crippen LogP contribution in [0.25, 0.3) is 0 Å². The Hall–Kier alpha value is -1.89. The van der Waals surface area contributed by atoms with E-state index in [9.17, 15) is 9.59 Å². The second-order valence-corrected chi connectivity index (χ2v) is 8.39. The molecule has 1 aromatic rings. The predicted octanol–water partition coefficient (Wildman–Crippen LogP) is 0.969. The highest BCUT2D eigenvalue weighted by molar-refractivity contribution is 5.92. The van der Waals surface area contributed by atoms with Crippen LogP contribution in [0.5, 0.6) is 0 Å². The molecule has 2 amide bonds. The maximum absolute atomic E-state index is 12.6. The number of hydrogen-bond acceptors (Lipinski definition) is 4. The molecule has 4 heterocycles. The Morgan fingerprint density at radius 2 is 1.96 bits per heavy atom. The van der Waals surface area contributed by atoms with E-state index in [0.717, 1.165) is 58.4 Å². The monoisotopic (exact) mass is 359 g/mol. The summed E-state index contributed by atoms with van der Waals surface area (Å²) < 4.78 is 1.67. The second-order valence-electron chi connectivity index (χ2n) is 8.39. The first-order valence-electron chi connectivity index (χ1n) is 9.73. The van der Waals surface area contributed by atoms with Crippen LogP contribution in [0.3, 0.4) is 0 Å². The molecule has 0 saturated carbocycles. The highest BCUT2D eigenvalue weighted by atomic mass is 16.2. The zero-order valence-electron chi connectivity index (χ0n) is 15.9. The number of amides is 2. The summed E-state index contributed by atoms with van der Waals surface area (Å²) in [6.07, 6.45) is 6.49. The molecule has 3 saturated heterocycles. The Bertz CT molecular complexity index is 692. The minimum Gasteiger partial charge on any atom is -0.338 e. The van der Waals surface area contributed by atoms with Gasteiger partial charge in [0.15, 0.2) is 0 Å². The molecule has 4 rings (SSSR count). The van der Waals surface area contributed by atoms with Gasteiger partial charge in [-0.15, -0.1) is 0 Å². The van der Waals surface area contributed by atoms with Crippen LogP contribution in [-0.2, 0) is 11.8 Å². The molecular weight excluding hydrogens is 330 g/mol. The zero-order chi connectivity index (χ0) is 18.3. The lowest BCUT2D eigenvalue weighted by atomic mass is 9.72. The average Bonchev–Trinajstić information content (AvgIpc) is 3.26. The molecule has 1 atom stereocenters. The van der Waals surface area contributed by atoms with Gasteiger partial charge >= 0.3 is 0 Å². The molecule has 1 unspecified atom stereocenters. The third-order valence-electron chi connectivity index (χ3n) is 6.55. The van der Waals surface area contributed by atoms with Gasteiger partial charge in [0.25, 0.3) is 5.91 Å². The molecule has 26 heavy (non-hydrogen) atoms. The topological polar surface area (TPSA) is 61.7 Å². The molecule has 0 bridgehead atoms. The molecule has 3 aliphatic heterocycles. The highest BCUT2D eigenvalue weighted by Gasteiger charge is 2.44. The maximum atomic E-state index is 12.6. The largest absolute Gasteiger partial charge is 0.338 e. The van der Waals surface area contributed by atoms with Crippen LogP contribution in [0.15, 0.2) is 12.3 Å². The molecule has 0 radical (unpaired) electrons. The minimum absolute atomic E-state index is 0.0293. The maximum Gasteiger partial charge on any atom is 0.274 e. The minimum atomic E-state index is 0.0293. The Morgan fingerprint density at radius 1 is 1.19 bits per heavy atom. The smallest absolute Gasteiger partial charge is 0.274 e. The first-order chi connectivity index (χ1) is 12.5. The zero-order valence-corrected chi connectivity index (χ0v) is 15.9. The van der Waals surface area contributed by atoms with E-state index in [-0.39, 0.29) is 11.3 Å². The number of piperidine rings is 2. The van der Waals surface area contributed by atoms with Gasteiger partial charge in [0, 0.05) is 51.9 Å². The van der Waals surface area contributed by atoms with Gasteiger partial charge in [0.2, 0.25) is 5.91 Å². The van der Waals surface area contributed by atoms with Gasteiger partial charge in [-0.05, 0) is 50.8 Å². The SMILES string of the molecule is CN1CCC(N2CC3(CCC2=O)CCN(C(=O)c2ccn(C)n2)CC3)C1. The first kappa shape index (κ1) is 17.5. The Labute approximate surface area is 154 Å².